The molecular formula is C18H23NO3S. The second kappa shape index (κ2) is 7.88. The van der Waals surface area contributed by atoms with Crippen molar-refractivity contribution in [1.82, 2.24) is 5.32 Å². The van der Waals surface area contributed by atoms with Gasteiger partial charge in [-0.25, -0.2) is 0 Å². The molecule has 1 saturated carbocycles. The highest BCUT2D eigenvalue weighted by atomic mass is 32.2. The predicted molar refractivity (Wildman–Crippen MR) is 93.8 cm³/mol. The quantitative estimate of drug-likeness (QED) is 0.846. The van der Waals surface area contributed by atoms with Gasteiger partial charge in [0.05, 0.1) is 6.61 Å². The lowest BCUT2D eigenvalue weighted by Gasteiger charge is -2.20. The summed E-state index contributed by atoms with van der Waals surface area (Å²) in [6, 6.07) is 7.80. The molecule has 1 aromatic heterocycles. The summed E-state index contributed by atoms with van der Waals surface area (Å²) >= 11 is 1.94. The van der Waals surface area contributed by atoms with Gasteiger partial charge in [-0.1, -0.05) is 37.5 Å². The van der Waals surface area contributed by atoms with Crippen LogP contribution in [0.4, 0.5) is 0 Å². The van der Waals surface area contributed by atoms with Gasteiger partial charge in [0.15, 0.2) is 5.76 Å². The van der Waals surface area contributed by atoms with Crippen molar-refractivity contribution in [1.29, 1.82) is 0 Å². The third kappa shape index (κ3) is 3.90. The van der Waals surface area contributed by atoms with Crippen molar-refractivity contribution in [3.8, 4) is 0 Å². The van der Waals surface area contributed by atoms with Crippen molar-refractivity contribution in [2.24, 2.45) is 0 Å². The number of nitrogens with one attached hydrogen (secondary N) is 1. The summed E-state index contributed by atoms with van der Waals surface area (Å²) in [5.74, 6) is 0.946. The maximum absolute atomic E-state index is 12.3. The predicted octanol–water partition coefficient (Wildman–Crippen LogP) is 3.72. The van der Waals surface area contributed by atoms with Gasteiger partial charge in [0.1, 0.15) is 5.58 Å². The Hall–Kier alpha value is -1.46. The molecule has 0 atom stereocenters. The number of aliphatic hydroxyl groups excluding tert-OH is 1. The van der Waals surface area contributed by atoms with Crippen LogP contribution in [0.25, 0.3) is 11.0 Å². The lowest BCUT2D eigenvalue weighted by molar-refractivity contribution is 0.0918. The van der Waals surface area contributed by atoms with E-state index in [0.717, 1.165) is 22.3 Å². The lowest BCUT2D eigenvalue weighted by atomic mass is 10.0. The molecule has 0 radical (unpaired) electrons. The van der Waals surface area contributed by atoms with Gasteiger partial charge in [0.25, 0.3) is 5.91 Å². The summed E-state index contributed by atoms with van der Waals surface area (Å²) in [5, 5.41) is 13.3. The minimum Gasteiger partial charge on any atom is -0.451 e. The Morgan fingerprint density at radius 3 is 2.83 bits per heavy atom. The normalized spacial score (nSPS) is 15.9. The number of hydrogen-bond donors (Lipinski definition) is 2. The topological polar surface area (TPSA) is 62.5 Å². The van der Waals surface area contributed by atoms with Crippen LogP contribution in [0.5, 0.6) is 0 Å². The Bertz CT molecular complexity index is 661. The number of carbonyl (C=O) groups is 1. The Labute approximate surface area is 140 Å². The number of fused-ring (bicyclic) bond motifs is 1. The van der Waals surface area contributed by atoms with E-state index in [1.54, 1.807) is 0 Å². The second-order valence-electron chi connectivity index (χ2n) is 5.96. The molecule has 0 aliphatic heterocycles. The van der Waals surface area contributed by atoms with Gasteiger partial charge >= 0.3 is 0 Å². The Balaban J connectivity index is 1.81. The maximum Gasteiger partial charge on any atom is 0.287 e. The first kappa shape index (κ1) is 16.4. The van der Waals surface area contributed by atoms with Gasteiger partial charge in [0.2, 0.25) is 0 Å². The summed E-state index contributed by atoms with van der Waals surface area (Å²) in [6.07, 6.45) is 6.51. The van der Waals surface area contributed by atoms with E-state index in [-0.39, 0.29) is 19.1 Å². The molecule has 4 nitrogen and oxygen atoms in total. The molecule has 1 aromatic carbocycles. The minimum absolute atomic E-state index is 0.0713. The highest BCUT2D eigenvalue weighted by Gasteiger charge is 2.22. The number of benzene rings is 1. The van der Waals surface area contributed by atoms with Gasteiger partial charge < -0.3 is 14.8 Å². The van der Waals surface area contributed by atoms with E-state index in [4.69, 9.17) is 9.52 Å². The third-order valence-electron chi connectivity index (χ3n) is 4.32. The molecule has 1 aliphatic rings. The van der Waals surface area contributed by atoms with Crippen LogP contribution in [0.1, 0.15) is 48.2 Å². The van der Waals surface area contributed by atoms with Crippen LogP contribution in [0, 0.1) is 0 Å². The van der Waals surface area contributed by atoms with Crippen LogP contribution in [0.15, 0.2) is 28.7 Å². The molecule has 23 heavy (non-hydrogen) atoms. The van der Waals surface area contributed by atoms with Gasteiger partial charge in [-0.05, 0) is 18.9 Å². The van der Waals surface area contributed by atoms with E-state index in [2.05, 4.69) is 5.32 Å². The molecule has 1 heterocycles. The smallest absolute Gasteiger partial charge is 0.287 e. The van der Waals surface area contributed by atoms with E-state index in [1.165, 1.54) is 32.1 Å². The Morgan fingerprint density at radius 1 is 1.26 bits per heavy atom. The molecule has 1 fully saturated rings. The molecule has 2 aromatic rings. The van der Waals surface area contributed by atoms with Crippen molar-refractivity contribution in [3.05, 3.63) is 35.6 Å². The maximum atomic E-state index is 12.3. The molecule has 3 rings (SSSR count). The molecular weight excluding hydrogens is 310 g/mol. The number of para-hydroxylation sites is 1. The highest BCUT2D eigenvalue weighted by Crippen LogP contribution is 2.34. The summed E-state index contributed by atoms with van der Waals surface area (Å²) in [5.41, 5.74) is 1.73. The lowest BCUT2D eigenvalue weighted by Crippen LogP contribution is -2.26. The van der Waals surface area contributed by atoms with Crippen molar-refractivity contribution in [2.75, 3.05) is 13.2 Å². The van der Waals surface area contributed by atoms with E-state index in [1.807, 2.05) is 36.0 Å². The molecule has 1 amide bonds. The molecule has 0 saturated heterocycles. The molecule has 2 N–H and O–H groups in total. The zero-order valence-corrected chi connectivity index (χ0v) is 14.0. The van der Waals surface area contributed by atoms with Crippen molar-refractivity contribution in [2.45, 2.75) is 43.1 Å². The van der Waals surface area contributed by atoms with Crippen LogP contribution in [-0.2, 0) is 5.75 Å². The summed E-state index contributed by atoms with van der Waals surface area (Å²) < 4.78 is 5.79. The standard InChI is InChI=1S/C18H23NO3S/c20-11-10-19-18(21)17-15(12-23-13-6-2-1-3-7-13)14-8-4-5-9-16(14)22-17/h4-5,8-9,13,20H,1-3,6-7,10-12H2,(H,19,21). The molecule has 0 spiro atoms. The Kier molecular flexibility index (Phi) is 5.62. The fourth-order valence-corrected chi connectivity index (χ4v) is 4.46. The van der Waals surface area contributed by atoms with Crippen LogP contribution in [0.2, 0.25) is 0 Å². The van der Waals surface area contributed by atoms with Crippen molar-refractivity contribution >= 4 is 28.6 Å². The molecule has 0 unspecified atom stereocenters. The number of amides is 1. The number of carbonyl (C=O) groups excluding carboxylic acids is 1. The monoisotopic (exact) mass is 333 g/mol. The molecule has 124 valence electrons. The van der Waals surface area contributed by atoms with E-state index in [0.29, 0.717) is 11.0 Å². The van der Waals surface area contributed by atoms with E-state index in [9.17, 15) is 4.79 Å². The van der Waals surface area contributed by atoms with E-state index < -0.39 is 0 Å². The zero-order chi connectivity index (χ0) is 16.1. The SMILES string of the molecule is O=C(NCCO)c1oc2ccccc2c1CSC1CCCCC1. The molecule has 5 heteroatoms. The first-order valence-electron chi connectivity index (χ1n) is 8.30. The fourth-order valence-electron chi connectivity index (χ4n) is 3.11. The van der Waals surface area contributed by atoms with Gasteiger partial charge in [0, 0.05) is 28.5 Å². The number of aliphatic hydroxyl groups is 1. The number of furan rings is 1. The van der Waals surface area contributed by atoms with Crippen LogP contribution in [-0.4, -0.2) is 29.4 Å². The van der Waals surface area contributed by atoms with Crippen molar-refractivity contribution < 1.29 is 14.3 Å². The fraction of sp³-hybridized carbons (Fsp3) is 0.500. The Morgan fingerprint density at radius 2 is 2.04 bits per heavy atom. The third-order valence-corrected chi connectivity index (χ3v) is 5.72. The van der Waals surface area contributed by atoms with Gasteiger partial charge in [-0.3, -0.25) is 4.79 Å². The largest absolute Gasteiger partial charge is 0.451 e. The number of thioether (sulfide) groups is 1. The summed E-state index contributed by atoms with van der Waals surface area (Å²) in [4.78, 5) is 12.3. The highest BCUT2D eigenvalue weighted by molar-refractivity contribution is 7.99. The van der Waals surface area contributed by atoms with Crippen LogP contribution in [0.3, 0.4) is 0 Å². The van der Waals surface area contributed by atoms with Crippen LogP contribution >= 0.6 is 11.8 Å². The molecule has 1 aliphatic carbocycles. The first-order valence-corrected chi connectivity index (χ1v) is 9.35. The number of rotatable bonds is 6. The second-order valence-corrected chi connectivity index (χ2v) is 7.25. The summed E-state index contributed by atoms with van der Waals surface area (Å²) in [7, 11) is 0. The average Bonchev–Trinajstić information content (AvgIpc) is 2.97. The minimum atomic E-state index is -0.241. The first-order chi connectivity index (χ1) is 11.3. The average molecular weight is 333 g/mol. The zero-order valence-electron chi connectivity index (χ0n) is 13.2. The number of hydrogen-bond acceptors (Lipinski definition) is 4. The summed E-state index contributed by atoms with van der Waals surface area (Å²) in [6.45, 7) is 0.170. The van der Waals surface area contributed by atoms with E-state index >= 15 is 0 Å². The molecule has 0 bridgehead atoms. The van der Waals surface area contributed by atoms with Gasteiger partial charge in [-0.15, -0.1) is 0 Å². The van der Waals surface area contributed by atoms with Gasteiger partial charge in [-0.2, -0.15) is 11.8 Å². The van der Waals surface area contributed by atoms with Crippen molar-refractivity contribution in [3.63, 3.8) is 0 Å². The van der Waals surface area contributed by atoms with Crippen LogP contribution < -0.4 is 5.32 Å².